The third kappa shape index (κ3) is 2.77. The van der Waals surface area contributed by atoms with Crippen LogP contribution < -0.4 is 9.77 Å². The molecular formula is C26H21ClN2O3S2. The maximum Gasteiger partial charge on any atom is 0.305 e. The van der Waals surface area contributed by atoms with Crippen LogP contribution in [-0.2, 0) is 9.59 Å². The molecule has 1 aromatic heterocycles. The van der Waals surface area contributed by atoms with Crippen molar-refractivity contribution in [2.45, 2.75) is 29.5 Å². The molecule has 172 valence electrons. The number of rotatable bonds is 2. The molecule has 2 aliphatic carbocycles. The molecule has 3 aromatic rings. The third-order valence-electron chi connectivity index (χ3n) is 8.25. The topological polar surface area (TPSA) is 70.2 Å². The van der Waals surface area contributed by atoms with Crippen molar-refractivity contribution in [3.63, 3.8) is 0 Å². The zero-order valence-electron chi connectivity index (χ0n) is 18.2. The molecule has 3 fully saturated rings. The van der Waals surface area contributed by atoms with Crippen LogP contribution in [0.15, 0.2) is 58.4 Å². The lowest BCUT2D eigenvalue weighted by Gasteiger charge is -2.43. The summed E-state index contributed by atoms with van der Waals surface area (Å²) in [4.78, 5) is 45.1. The molecule has 2 saturated carbocycles. The summed E-state index contributed by atoms with van der Waals surface area (Å²) >= 11 is 9.16. The maximum absolute atomic E-state index is 13.7. The molecule has 7 atom stereocenters. The predicted octanol–water partition coefficient (Wildman–Crippen LogP) is 5.08. The van der Waals surface area contributed by atoms with Gasteiger partial charge in [-0.15, -0.1) is 11.8 Å². The Hall–Kier alpha value is -2.35. The van der Waals surface area contributed by atoms with Crippen molar-refractivity contribution in [3.05, 3.63) is 79.2 Å². The number of carbonyl (C=O) groups excluding carboxylic acids is 2. The maximum atomic E-state index is 13.7. The predicted molar refractivity (Wildman–Crippen MR) is 134 cm³/mol. The van der Waals surface area contributed by atoms with Crippen LogP contribution in [0.3, 0.4) is 0 Å². The van der Waals surface area contributed by atoms with Gasteiger partial charge in [0, 0.05) is 21.1 Å². The number of benzene rings is 2. The molecule has 6 unspecified atom stereocenters. The number of aromatic amines is 1. The standard InChI is InChI=1S/C26H21ClN2O3S2/c1-11-2-8-14(9-3-11)29-24(30)19-15-10-16(20(19)25(29)31)21-18(15)17(12-4-6-13(27)7-5-12)22-23(33-21)28-26(32)34-22/h2-9,15-21H,10H2,1H3,(H,28,32)/t15?,16?,17-,18?,19?,20?,21?/m1/s1. The Kier molecular flexibility index (Phi) is 4.52. The Morgan fingerprint density at radius 1 is 0.941 bits per heavy atom. The summed E-state index contributed by atoms with van der Waals surface area (Å²) in [5.41, 5.74) is 2.88. The molecule has 3 heterocycles. The lowest BCUT2D eigenvalue weighted by molar-refractivity contribution is -0.123. The first-order valence-electron chi connectivity index (χ1n) is 11.5. The van der Waals surface area contributed by atoms with E-state index < -0.39 is 0 Å². The summed E-state index contributed by atoms with van der Waals surface area (Å²) in [5.74, 6) is -0.205. The number of fused-ring (bicyclic) bond motifs is 9. The molecular weight excluding hydrogens is 488 g/mol. The van der Waals surface area contributed by atoms with Crippen molar-refractivity contribution >= 4 is 52.2 Å². The molecule has 0 radical (unpaired) electrons. The van der Waals surface area contributed by atoms with Gasteiger partial charge in [0.05, 0.1) is 22.5 Å². The zero-order chi connectivity index (χ0) is 23.3. The van der Waals surface area contributed by atoms with Gasteiger partial charge in [0.25, 0.3) is 0 Å². The van der Waals surface area contributed by atoms with E-state index in [-0.39, 0.29) is 57.4 Å². The SMILES string of the molecule is Cc1ccc(N2C(=O)C3C4CC(C3C2=O)C2C4Sc3[nH]c(=O)sc3[C@@H]2c2ccc(Cl)cc2)cc1. The number of thioether (sulfide) groups is 1. The monoisotopic (exact) mass is 508 g/mol. The average Bonchev–Trinajstić information content (AvgIpc) is 3.54. The van der Waals surface area contributed by atoms with Gasteiger partial charge in [-0.05, 0) is 60.9 Å². The number of carbonyl (C=O) groups is 2. The minimum absolute atomic E-state index is 0.0229. The molecule has 5 nitrogen and oxygen atoms in total. The van der Waals surface area contributed by atoms with Gasteiger partial charge in [0.15, 0.2) is 0 Å². The number of nitrogens with one attached hydrogen (secondary N) is 1. The Morgan fingerprint density at radius 3 is 2.32 bits per heavy atom. The number of halogens is 1. The van der Waals surface area contributed by atoms with E-state index in [0.717, 1.165) is 27.5 Å². The van der Waals surface area contributed by atoms with Crippen molar-refractivity contribution in [2.24, 2.45) is 29.6 Å². The highest BCUT2D eigenvalue weighted by atomic mass is 35.5. The van der Waals surface area contributed by atoms with E-state index in [1.165, 1.54) is 16.2 Å². The Balaban J connectivity index is 1.32. The summed E-state index contributed by atoms with van der Waals surface area (Å²) in [6, 6.07) is 15.5. The highest BCUT2D eigenvalue weighted by Gasteiger charge is 2.69. The quantitative estimate of drug-likeness (QED) is 0.490. The molecule has 2 bridgehead atoms. The fraction of sp³-hybridized carbons (Fsp3) is 0.346. The van der Waals surface area contributed by atoms with Gasteiger partial charge in [-0.2, -0.15) is 0 Å². The molecule has 2 aromatic carbocycles. The number of anilines is 1. The van der Waals surface area contributed by atoms with Gasteiger partial charge in [-0.3, -0.25) is 19.3 Å². The van der Waals surface area contributed by atoms with Crippen molar-refractivity contribution in [2.75, 3.05) is 4.90 Å². The van der Waals surface area contributed by atoms with E-state index in [0.29, 0.717) is 10.7 Å². The van der Waals surface area contributed by atoms with Crippen LogP contribution in [0.4, 0.5) is 5.69 Å². The van der Waals surface area contributed by atoms with E-state index in [4.69, 9.17) is 11.6 Å². The van der Waals surface area contributed by atoms with Gasteiger partial charge in [0.2, 0.25) is 11.8 Å². The number of imide groups is 1. The zero-order valence-corrected chi connectivity index (χ0v) is 20.6. The van der Waals surface area contributed by atoms with Crippen molar-refractivity contribution in [1.82, 2.24) is 4.98 Å². The molecule has 4 aliphatic rings. The first kappa shape index (κ1) is 21.0. The lowest BCUT2D eigenvalue weighted by atomic mass is 9.68. The highest BCUT2D eigenvalue weighted by Crippen LogP contribution is 2.68. The molecule has 8 heteroatoms. The highest BCUT2D eigenvalue weighted by molar-refractivity contribution is 8.00. The summed E-state index contributed by atoms with van der Waals surface area (Å²) in [6.07, 6.45) is 0.889. The van der Waals surface area contributed by atoms with E-state index in [2.05, 4.69) is 4.98 Å². The fourth-order valence-electron chi connectivity index (χ4n) is 7.01. The molecule has 34 heavy (non-hydrogen) atoms. The second-order valence-electron chi connectivity index (χ2n) is 9.86. The number of aryl methyl sites for hydroxylation is 1. The van der Waals surface area contributed by atoms with E-state index in [1.54, 1.807) is 11.8 Å². The van der Waals surface area contributed by atoms with Gasteiger partial charge < -0.3 is 4.98 Å². The Morgan fingerprint density at radius 2 is 1.62 bits per heavy atom. The minimum atomic E-state index is -0.285. The summed E-state index contributed by atoms with van der Waals surface area (Å²) in [5, 5.41) is 1.79. The van der Waals surface area contributed by atoms with Crippen LogP contribution in [0.25, 0.3) is 0 Å². The molecule has 2 amide bonds. The van der Waals surface area contributed by atoms with Crippen molar-refractivity contribution < 1.29 is 9.59 Å². The Bertz CT molecular complexity index is 1400. The van der Waals surface area contributed by atoms with Crippen LogP contribution in [0.1, 0.15) is 28.3 Å². The van der Waals surface area contributed by atoms with Gasteiger partial charge in [-0.25, -0.2) is 0 Å². The Labute approximate surface area is 209 Å². The fourth-order valence-corrected chi connectivity index (χ4v) is 10.0. The number of thiazole rings is 1. The molecule has 1 saturated heterocycles. The van der Waals surface area contributed by atoms with Crippen LogP contribution in [-0.4, -0.2) is 22.0 Å². The van der Waals surface area contributed by atoms with E-state index in [1.807, 2.05) is 55.5 Å². The molecule has 1 N–H and O–H groups in total. The molecule has 2 aliphatic heterocycles. The summed E-state index contributed by atoms with van der Waals surface area (Å²) in [6.45, 7) is 1.99. The number of hydrogen-bond donors (Lipinski definition) is 1. The van der Waals surface area contributed by atoms with Gasteiger partial charge >= 0.3 is 4.87 Å². The van der Waals surface area contributed by atoms with Crippen LogP contribution in [0.2, 0.25) is 5.02 Å². The number of nitrogens with zero attached hydrogens (tertiary/aromatic N) is 1. The number of hydrogen-bond acceptors (Lipinski definition) is 5. The first-order chi connectivity index (χ1) is 16.4. The number of H-pyrrole nitrogens is 1. The van der Waals surface area contributed by atoms with Crippen molar-refractivity contribution in [3.8, 4) is 0 Å². The van der Waals surface area contributed by atoms with Crippen LogP contribution in [0.5, 0.6) is 0 Å². The second kappa shape index (κ2) is 7.33. The third-order valence-corrected chi connectivity index (χ3v) is 11.1. The van der Waals surface area contributed by atoms with Crippen LogP contribution in [0, 0.1) is 36.5 Å². The van der Waals surface area contributed by atoms with Crippen molar-refractivity contribution in [1.29, 1.82) is 0 Å². The summed E-state index contributed by atoms with van der Waals surface area (Å²) in [7, 11) is 0. The molecule has 7 rings (SSSR count). The van der Waals surface area contributed by atoms with Crippen LogP contribution >= 0.6 is 34.7 Å². The van der Waals surface area contributed by atoms with E-state index >= 15 is 0 Å². The lowest BCUT2D eigenvalue weighted by Crippen LogP contribution is -2.42. The van der Waals surface area contributed by atoms with Gasteiger partial charge in [-0.1, -0.05) is 52.8 Å². The largest absolute Gasteiger partial charge is 0.307 e. The second-order valence-corrected chi connectivity index (χ2v) is 12.5. The average molecular weight is 509 g/mol. The normalized spacial score (nSPS) is 33.2. The number of amides is 2. The molecule has 0 spiro atoms. The summed E-state index contributed by atoms with van der Waals surface area (Å²) < 4.78 is 0. The first-order valence-corrected chi connectivity index (χ1v) is 13.6. The minimum Gasteiger partial charge on any atom is -0.307 e. The van der Waals surface area contributed by atoms with Gasteiger partial charge in [0.1, 0.15) is 0 Å². The smallest absolute Gasteiger partial charge is 0.305 e. The van der Waals surface area contributed by atoms with E-state index in [9.17, 15) is 14.4 Å². The number of aromatic nitrogens is 1.